The van der Waals surface area contributed by atoms with Crippen molar-refractivity contribution in [3.8, 4) is 11.5 Å². The van der Waals surface area contributed by atoms with Crippen LogP contribution in [0, 0.1) is 5.92 Å². The minimum Gasteiger partial charge on any atom is -0.481 e. The molecule has 2 atom stereocenters. The number of carbonyl (C=O) groups is 2. The monoisotopic (exact) mass is 328 g/mol. The van der Waals surface area contributed by atoms with Crippen LogP contribution in [0.5, 0.6) is 0 Å². The Balaban J connectivity index is 1.72. The molecule has 1 heterocycles. The SMILES string of the molecule is O=C(N[C@@H]1CCCCC[C@@H]1C(=O)O)c1coc(-c2ccccc2)n1. The van der Waals surface area contributed by atoms with Crippen LogP contribution in [0.4, 0.5) is 0 Å². The highest BCUT2D eigenvalue weighted by Crippen LogP contribution is 2.24. The first kappa shape index (κ1) is 16.2. The summed E-state index contributed by atoms with van der Waals surface area (Å²) in [6, 6.07) is 8.94. The normalized spacial score (nSPS) is 21.0. The van der Waals surface area contributed by atoms with Crippen LogP contribution in [-0.2, 0) is 4.79 Å². The molecule has 0 radical (unpaired) electrons. The molecule has 1 aromatic heterocycles. The average Bonchev–Trinajstić information content (AvgIpc) is 2.97. The molecule has 1 amide bonds. The summed E-state index contributed by atoms with van der Waals surface area (Å²) in [6.07, 6.45) is 5.37. The fraction of sp³-hybridized carbons (Fsp3) is 0.389. The molecular weight excluding hydrogens is 308 g/mol. The Morgan fingerprint density at radius 3 is 2.62 bits per heavy atom. The molecule has 1 fully saturated rings. The second kappa shape index (κ2) is 7.29. The van der Waals surface area contributed by atoms with Gasteiger partial charge in [0, 0.05) is 11.6 Å². The lowest BCUT2D eigenvalue weighted by Gasteiger charge is -2.22. The van der Waals surface area contributed by atoms with Gasteiger partial charge in [0.2, 0.25) is 5.89 Å². The topological polar surface area (TPSA) is 92.4 Å². The maximum absolute atomic E-state index is 12.4. The van der Waals surface area contributed by atoms with Gasteiger partial charge in [-0.1, -0.05) is 37.5 Å². The van der Waals surface area contributed by atoms with Crippen molar-refractivity contribution >= 4 is 11.9 Å². The van der Waals surface area contributed by atoms with Gasteiger partial charge in [-0.05, 0) is 25.0 Å². The zero-order valence-electron chi connectivity index (χ0n) is 13.3. The molecule has 1 aromatic carbocycles. The quantitative estimate of drug-likeness (QED) is 0.841. The molecule has 2 aromatic rings. The van der Waals surface area contributed by atoms with Gasteiger partial charge >= 0.3 is 5.97 Å². The van der Waals surface area contributed by atoms with Crippen molar-refractivity contribution in [2.75, 3.05) is 0 Å². The molecule has 0 saturated heterocycles. The van der Waals surface area contributed by atoms with Crippen molar-refractivity contribution in [3.05, 3.63) is 42.3 Å². The van der Waals surface area contributed by atoms with E-state index in [9.17, 15) is 14.7 Å². The maximum Gasteiger partial charge on any atom is 0.308 e. The number of oxazole rings is 1. The highest BCUT2D eigenvalue weighted by Gasteiger charge is 2.31. The van der Waals surface area contributed by atoms with Crippen LogP contribution in [0.15, 0.2) is 41.0 Å². The van der Waals surface area contributed by atoms with Gasteiger partial charge in [0.15, 0.2) is 5.69 Å². The number of aliphatic carboxylic acids is 1. The lowest BCUT2D eigenvalue weighted by molar-refractivity contribution is -0.142. The molecule has 1 aliphatic rings. The molecule has 0 bridgehead atoms. The van der Waals surface area contributed by atoms with Crippen LogP contribution in [-0.4, -0.2) is 28.0 Å². The van der Waals surface area contributed by atoms with Gasteiger partial charge in [0.25, 0.3) is 5.91 Å². The van der Waals surface area contributed by atoms with Crippen molar-refractivity contribution in [2.45, 2.75) is 38.1 Å². The Kier molecular flexibility index (Phi) is 4.93. The first-order valence-corrected chi connectivity index (χ1v) is 8.20. The highest BCUT2D eigenvalue weighted by atomic mass is 16.4. The predicted octanol–water partition coefficient (Wildman–Crippen LogP) is 3.10. The number of hydrogen-bond donors (Lipinski definition) is 2. The maximum atomic E-state index is 12.4. The van der Waals surface area contributed by atoms with Gasteiger partial charge in [0.1, 0.15) is 6.26 Å². The van der Waals surface area contributed by atoms with E-state index in [-0.39, 0.29) is 17.6 Å². The summed E-state index contributed by atoms with van der Waals surface area (Å²) in [5.74, 6) is -1.42. The molecule has 0 spiro atoms. The summed E-state index contributed by atoms with van der Waals surface area (Å²) in [7, 11) is 0. The van der Waals surface area contributed by atoms with Crippen molar-refractivity contribution < 1.29 is 19.1 Å². The molecule has 6 nitrogen and oxygen atoms in total. The van der Waals surface area contributed by atoms with E-state index in [1.807, 2.05) is 30.3 Å². The molecule has 6 heteroatoms. The number of carboxylic acid groups (broad SMARTS) is 1. The van der Waals surface area contributed by atoms with Crippen LogP contribution in [0.1, 0.15) is 42.6 Å². The third-order valence-electron chi connectivity index (χ3n) is 4.41. The lowest BCUT2D eigenvalue weighted by atomic mass is 9.95. The first-order chi connectivity index (χ1) is 11.6. The minimum absolute atomic E-state index is 0.169. The van der Waals surface area contributed by atoms with Gasteiger partial charge in [-0.2, -0.15) is 0 Å². The number of carbonyl (C=O) groups excluding carboxylic acids is 1. The number of rotatable bonds is 4. The summed E-state index contributed by atoms with van der Waals surface area (Å²) in [4.78, 5) is 28.1. The zero-order valence-corrected chi connectivity index (χ0v) is 13.3. The van der Waals surface area contributed by atoms with Crippen LogP contribution < -0.4 is 5.32 Å². The molecule has 3 rings (SSSR count). The van der Waals surface area contributed by atoms with Crippen molar-refractivity contribution in [1.29, 1.82) is 0 Å². The van der Waals surface area contributed by atoms with Gasteiger partial charge in [0.05, 0.1) is 5.92 Å². The van der Waals surface area contributed by atoms with E-state index in [0.29, 0.717) is 18.7 Å². The largest absolute Gasteiger partial charge is 0.481 e. The number of carboxylic acids is 1. The molecular formula is C18H20N2O4. The lowest BCUT2D eigenvalue weighted by Crippen LogP contribution is -2.42. The standard InChI is InChI=1S/C18H20N2O4/c21-16(19-14-10-6-2-5-9-13(14)18(22)23)15-11-24-17(20-15)12-7-3-1-4-8-12/h1,3-4,7-8,11,13-14H,2,5-6,9-10H2,(H,19,21)(H,22,23)/t13-,14+/m0/s1. The number of amides is 1. The zero-order chi connectivity index (χ0) is 16.9. The summed E-state index contributed by atoms with van der Waals surface area (Å²) >= 11 is 0. The molecule has 2 N–H and O–H groups in total. The summed E-state index contributed by atoms with van der Waals surface area (Å²) in [5, 5.41) is 12.2. The van der Waals surface area contributed by atoms with Crippen molar-refractivity contribution in [1.82, 2.24) is 10.3 Å². The van der Waals surface area contributed by atoms with Gasteiger partial charge < -0.3 is 14.8 Å². The van der Waals surface area contributed by atoms with Gasteiger partial charge in [-0.15, -0.1) is 0 Å². The van der Waals surface area contributed by atoms with E-state index >= 15 is 0 Å². The second-order valence-corrected chi connectivity index (χ2v) is 6.07. The first-order valence-electron chi connectivity index (χ1n) is 8.20. The summed E-state index contributed by atoms with van der Waals surface area (Å²) < 4.78 is 5.37. The molecule has 1 aliphatic carbocycles. The fourth-order valence-electron chi connectivity index (χ4n) is 3.11. The van der Waals surface area contributed by atoms with Crippen molar-refractivity contribution in [3.63, 3.8) is 0 Å². The van der Waals surface area contributed by atoms with Crippen LogP contribution in [0.25, 0.3) is 11.5 Å². The number of nitrogens with zero attached hydrogens (tertiary/aromatic N) is 1. The molecule has 126 valence electrons. The van der Waals surface area contributed by atoms with Crippen LogP contribution in [0.3, 0.4) is 0 Å². The Morgan fingerprint density at radius 1 is 1.12 bits per heavy atom. The Bertz CT molecular complexity index is 711. The Morgan fingerprint density at radius 2 is 1.88 bits per heavy atom. The number of nitrogens with one attached hydrogen (secondary N) is 1. The number of hydrogen-bond acceptors (Lipinski definition) is 4. The van der Waals surface area contributed by atoms with Gasteiger partial charge in [-0.25, -0.2) is 4.98 Å². The smallest absolute Gasteiger partial charge is 0.308 e. The van der Waals surface area contributed by atoms with E-state index in [4.69, 9.17) is 4.42 Å². The predicted molar refractivity (Wildman–Crippen MR) is 87.4 cm³/mol. The number of aromatic nitrogens is 1. The third-order valence-corrected chi connectivity index (χ3v) is 4.41. The fourth-order valence-corrected chi connectivity index (χ4v) is 3.11. The number of benzene rings is 1. The van der Waals surface area contributed by atoms with E-state index in [0.717, 1.165) is 24.8 Å². The van der Waals surface area contributed by atoms with Gasteiger partial charge in [-0.3, -0.25) is 9.59 Å². The third kappa shape index (κ3) is 3.64. The average molecular weight is 328 g/mol. The van der Waals surface area contributed by atoms with E-state index < -0.39 is 11.9 Å². The van der Waals surface area contributed by atoms with Crippen LogP contribution in [0.2, 0.25) is 0 Å². The van der Waals surface area contributed by atoms with Crippen LogP contribution >= 0.6 is 0 Å². The molecule has 0 aliphatic heterocycles. The van der Waals surface area contributed by atoms with E-state index in [1.54, 1.807) is 0 Å². The molecule has 24 heavy (non-hydrogen) atoms. The highest BCUT2D eigenvalue weighted by molar-refractivity contribution is 5.93. The Hall–Kier alpha value is -2.63. The van der Waals surface area contributed by atoms with E-state index in [1.165, 1.54) is 6.26 Å². The van der Waals surface area contributed by atoms with Crippen molar-refractivity contribution in [2.24, 2.45) is 5.92 Å². The Labute approximate surface area is 139 Å². The summed E-state index contributed by atoms with van der Waals surface area (Å²) in [6.45, 7) is 0. The molecule has 0 unspecified atom stereocenters. The summed E-state index contributed by atoms with van der Waals surface area (Å²) in [5.41, 5.74) is 0.955. The second-order valence-electron chi connectivity index (χ2n) is 6.07. The minimum atomic E-state index is -0.854. The van der Waals surface area contributed by atoms with E-state index in [2.05, 4.69) is 10.3 Å². The molecule has 1 saturated carbocycles.